The lowest BCUT2D eigenvalue weighted by Gasteiger charge is -2.28. The Labute approximate surface area is 221 Å². The van der Waals surface area contributed by atoms with Crippen molar-refractivity contribution in [2.24, 2.45) is 0 Å². The predicted molar refractivity (Wildman–Crippen MR) is 148 cm³/mol. The van der Waals surface area contributed by atoms with Gasteiger partial charge in [-0.15, -0.1) is 0 Å². The maximum Gasteiger partial charge on any atom is 0.339 e. The number of aromatic nitrogens is 2. The summed E-state index contributed by atoms with van der Waals surface area (Å²) in [6.07, 6.45) is 1.79. The van der Waals surface area contributed by atoms with Crippen molar-refractivity contribution in [2.45, 2.75) is 25.9 Å². The Balaban J connectivity index is 1.70. The highest BCUT2D eigenvalue weighted by molar-refractivity contribution is 7.80. The van der Waals surface area contributed by atoms with E-state index >= 15 is 0 Å². The van der Waals surface area contributed by atoms with Gasteiger partial charge in [0.25, 0.3) is 0 Å². The van der Waals surface area contributed by atoms with Crippen LogP contribution in [0.3, 0.4) is 0 Å². The number of carbonyl (C=O) groups excluding carboxylic acids is 1. The highest BCUT2D eigenvalue weighted by atomic mass is 32.1. The third-order valence-corrected chi connectivity index (χ3v) is 7.08. The van der Waals surface area contributed by atoms with Crippen LogP contribution in [0.4, 0.5) is 5.69 Å². The number of benzene rings is 2. The Hall–Kier alpha value is -4.17. The summed E-state index contributed by atoms with van der Waals surface area (Å²) >= 11 is 5.88. The fourth-order valence-corrected chi connectivity index (χ4v) is 5.46. The van der Waals surface area contributed by atoms with Crippen molar-refractivity contribution in [3.05, 3.63) is 107 Å². The Morgan fingerprint density at radius 3 is 2.51 bits per heavy atom. The summed E-state index contributed by atoms with van der Waals surface area (Å²) in [6.45, 7) is 4.11. The molecule has 4 aromatic rings. The van der Waals surface area contributed by atoms with E-state index in [9.17, 15) is 4.79 Å². The van der Waals surface area contributed by atoms with Gasteiger partial charge in [-0.3, -0.25) is 4.98 Å². The number of rotatable bonds is 6. The fourth-order valence-electron chi connectivity index (χ4n) is 5.12. The summed E-state index contributed by atoms with van der Waals surface area (Å²) in [7, 11) is 3.05. The largest absolute Gasteiger partial charge is 0.497 e. The molecular weight excluding hydrogens is 484 g/mol. The number of nitrogens with one attached hydrogen (secondary N) is 1. The van der Waals surface area contributed by atoms with Gasteiger partial charge < -0.3 is 24.3 Å². The smallest absolute Gasteiger partial charge is 0.339 e. The highest BCUT2D eigenvalue weighted by Crippen LogP contribution is 2.44. The molecule has 2 atom stereocenters. The predicted octanol–water partition coefficient (Wildman–Crippen LogP) is 5.46. The van der Waals surface area contributed by atoms with E-state index in [0.717, 1.165) is 39.8 Å². The second-order valence-corrected chi connectivity index (χ2v) is 9.26. The Morgan fingerprint density at radius 2 is 1.78 bits per heavy atom. The van der Waals surface area contributed by atoms with Gasteiger partial charge in [0, 0.05) is 29.3 Å². The first-order chi connectivity index (χ1) is 17.9. The minimum Gasteiger partial charge on any atom is -0.497 e. The Morgan fingerprint density at radius 1 is 1.00 bits per heavy atom. The van der Waals surface area contributed by atoms with E-state index in [2.05, 4.69) is 32.8 Å². The van der Waals surface area contributed by atoms with Crippen LogP contribution in [0.1, 0.15) is 45.1 Å². The molecule has 3 heterocycles. The lowest BCUT2D eigenvalue weighted by molar-refractivity contribution is 0.0600. The van der Waals surface area contributed by atoms with E-state index in [-0.39, 0.29) is 18.1 Å². The molecule has 5 rings (SSSR count). The molecule has 0 saturated carbocycles. The number of aryl methyl sites for hydroxylation is 1. The number of anilines is 1. The molecule has 0 bridgehead atoms. The van der Waals surface area contributed by atoms with E-state index in [1.165, 1.54) is 7.11 Å². The second-order valence-electron chi connectivity index (χ2n) is 8.87. The number of methoxy groups -OCH3 is 2. The van der Waals surface area contributed by atoms with Gasteiger partial charge in [-0.1, -0.05) is 24.3 Å². The minimum atomic E-state index is -0.377. The van der Waals surface area contributed by atoms with Crippen molar-refractivity contribution in [1.82, 2.24) is 14.9 Å². The molecular formula is C29H28N4O3S. The Kier molecular flexibility index (Phi) is 6.67. The highest BCUT2D eigenvalue weighted by Gasteiger charge is 2.42. The summed E-state index contributed by atoms with van der Waals surface area (Å²) in [4.78, 5) is 19.4. The standard InChI is InChI=1S/C29H28N4O3S/c1-18-16-23(19(2)32(18)25-14-6-5-12-22(25)28(34)36-4)27-26(24-13-7-8-15-30-24)31-29(37)33(27)20-10-9-11-21(17-20)35-3/h5-17,26-27H,1-4H3,(H,31,37)/t26-,27-/m1/s1. The molecule has 8 heteroatoms. The molecule has 1 saturated heterocycles. The topological polar surface area (TPSA) is 68.6 Å². The van der Waals surface area contributed by atoms with Crippen LogP contribution in [0.5, 0.6) is 5.75 Å². The summed E-state index contributed by atoms with van der Waals surface area (Å²) < 4.78 is 12.7. The van der Waals surface area contributed by atoms with Gasteiger partial charge in [-0.2, -0.15) is 0 Å². The van der Waals surface area contributed by atoms with E-state index in [1.807, 2.05) is 67.6 Å². The number of ether oxygens (including phenoxy) is 2. The summed E-state index contributed by atoms with van der Waals surface area (Å²) in [5.41, 5.74) is 6.14. The van der Waals surface area contributed by atoms with Crippen LogP contribution in [0, 0.1) is 13.8 Å². The van der Waals surface area contributed by atoms with Crippen LogP contribution in [-0.4, -0.2) is 34.9 Å². The summed E-state index contributed by atoms with van der Waals surface area (Å²) in [5.74, 6) is 0.371. The van der Waals surface area contributed by atoms with Crippen molar-refractivity contribution in [3.8, 4) is 11.4 Å². The van der Waals surface area contributed by atoms with E-state index < -0.39 is 0 Å². The summed E-state index contributed by atoms with van der Waals surface area (Å²) in [6, 6.07) is 23.0. The first kappa shape index (κ1) is 24.5. The monoisotopic (exact) mass is 512 g/mol. The molecule has 0 amide bonds. The third-order valence-electron chi connectivity index (χ3n) is 6.77. The van der Waals surface area contributed by atoms with Gasteiger partial charge in [0.05, 0.1) is 43.2 Å². The van der Waals surface area contributed by atoms with Crippen molar-refractivity contribution in [3.63, 3.8) is 0 Å². The van der Waals surface area contributed by atoms with Crippen LogP contribution < -0.4 is 15.0 Å². The molecule has 7 nitrogen and oxygen atoms in total. The molecule has 1 N–H and O–H groups in total. The Bertz CT molecular complexity index is 1470. The van der Waals surface area contributed by atoms with E-state index in [0.29, 0.717) is 10.7 Å². The summed E-state index contributed by atoms with van der Waals surface area (Å²) in [5, 5.41) is 4.12. The van der Waals surface area contributed by atoms with Gasteiger partial charge in [0.15, 0.2) is 5.11 Å². The van der Waals surface area contributed by atoms with Gasteiger partial charge in [-0.05, 0) is 74.1 Å². The maximum absolute atomic E-state index is 12.6. The lowest BCUT2D eigenvalue weighted by atomic mass is 9.96. The molecule has 1 aliphatic heterocycles. The fraction of sp³-hybridized carbons (Fsp3) is 0.207. The van der Waals surface area contributed by atoms with E-state index in [4.69, 9.17) is 21.7 Å². The number of thiocarbonyl (C=S) groups is 1. The molecule has 1 fully saturated rings. The molecule has 188 valence electrons. The lowest BCUT2D eigenvalue weighted by Crippen LogP contribution is -2.29. The average Bonchev–Trinajstić information content (AvgIpc) is 3.43. The van der Waals surface area contributed by atoms with Gasteiger partial charge in [0.2, 0.25) is 0 Å². The van der Waals surface area contributed by atoms with Crippen LogP contribution in [0.15, 0.2) is 79.0 Å². The first-order valence-electron chi connectivity index (χ1n) is 12.0. The van der Waals surface area contributed by atoms with Crippen LogP contribution in [0.2, 0.25) is 0 Å². The number of hydrogen-bond donors (Lipinski definition) is 1. The quantitative estimate of drug-likeness (QED) is 0.272. The van der Waals surface area contributed by atoms with E-state index in [1.54, 1.807) is 19.4 Å². The molecule has 37 heavy (non-hydrogen) atoms. The zero-order valence-corrected chi connectivity index (χ0v) is 22.0. The molecule has 1 aliphatic rings. The molecule has 0 unspecified atom stereocenters. The number of carbonyl (C=O) groups is 1. The molecule has 0 spiro atoms. The zero-order chi connectivity index (χ0) is 26.1. The number of hydrogen-bond acceptors (Lipinski definition) is 5. The third kappa shape index (κ3) is 4.34. The number of pyridine rings is 1. The van der Waals surface area contributed by atoms with Crippen molar-refractivity contribution < 1.29 is 14.3 Å². The van der Waals surface area contributed by atoms with Crippen LogP contribution >= 0.6 is 12.2 Å². The van der Waals surface area contributed by atoms with Crippen molar-refractivity contribution >= 4 is 29.0 Å². The minimum absolute atomic E-state index is 0.190. The normalized spacial score (nSPS) is 17.0. The second kappa shape index (κ2) is 10.1. The van der Waals surface area contributed by atoms with Gasteiger partial charge >= 0.3 is 5.97 Å². The molecule has 0 radical (unpaired) electrons. The van der Waals surface area contributed by atoms with Crippen LogP contribution in [0.25, 0.3) is 5.69 Å². The average molecular weight is 513 g/mol. The van der Waals surface area contributed by atoms with Gasteiger partial charge in [0.1, 0.15) is 5.75 Å². The molecule has 2 aromatic carbocycles. The number of nitrogens with zero attached hydrogens (tertiary/aromatic N) is 3. The first-order valence-corrected chi connectivity index (χ1v) is 12.4. The van der Waals surface area contributed by atoms with Gasteiger partial charge in [-0.25, -0.2) is 4.79 Å². The maximum atomic E-state index is 12.6. The SMILES string of the molecule is COC(=O)c1ccccc1-n1c(C)cc([C@@H]2[C@@H](c3ccccn3)NC(=S)N2c2cccc(OC)c2)c1C. The van der Waals surface area contributed by atoms with Crippen molar-refractivity contribution in [2.75, 3.05) is 19.1 Å². The number of esters is 1. The van der Waals surface area contributed by atoms with Crippen molar-refractivity contribution in [1.29, 1.82) is 0 Å². The number of para-hydroxylation sites is 1. The van der Waals surface area contributed by atoms with Crippen LogP contribution in [-0.2, 0) is 4.74 Å². The molecule has 0 aliphatic carbocycles. The zero-order valence-electron chi connectivity index (χ0n) is 21.1. The molecule has 2 aromatic heterocycles.